The summed E-state index contributed by atoms with van der Waals surface area (Å²) in [5, 5.41) is 0. The van der Waals surface area contributed by atoms with Crippen LogP contribution in [0, 0.1) is 0 Å². The second kappa shape index (κ2) is 10.5. The molecule has 0 aromatic heterocycles. The Morgan fingerprint density at radius 3 is 2.05 bits per heavy atom. The topological polar surface area (TPSA) is 97.4 Å². The van der Waals surface area contributed by atoms with Crippen molar-refractivity contribution >= 4 is 18.9 Å². The molecule has 0 aliphatic carbocycles. The molecule has 1 fully saturated rings. The fraction of sp³-hybridized carbons (Fsp3) is 0.769. The summed E-state index contributed by atoms with van der Waals surface area (Å²) in [5.41, 5.74) is 0. The Bertz CT molecular complexity index is 321. The maximum atomic E-state index is 10.5. The fourth-order valence-corrected chi connectivity index (χ4v) is 2.04. The molecule has 0 spiro atoms. The van der Waals surface area contributed by atoms with Gasteiger partial charge in [-0.3, -0.25) is 0 Å². The molecule has 21 heavy (non-hydrogen) atoms. The van der Waals surface area contributed by atoms with Crippen LogP contribution in [0.2, 0.25) is 0 Å². The Labute approximate surface area is 122 Å². The largest absolute Gasteiger partial charge is 0.366 e. The van der Waals surface area contributed by atoms with E-state index >= 15 is 0 Å². The van der Waals surface area contributed by atoms with Crippen molar-refractivity contribution in [3.05, 3.63) is 0 Å². The predicted octanol–water partition coefficient (Wildman–Crippen LogP) is -0.868. The summed E-state index contributed by atoms with van der Waals surface area (Å²) in [5.74, 6) is 0. The lowest BCUT2D eigenvalue weighted by Crippen LogP contribution is -2.57. The highest BCUT2D eigenvalue weighted by molar-refractivity contribution is 5.51. The molecule has 4 atom stereocenters. The van der Waals surface area contributed by atoms with Gasteiger partial charge in [0.2, 0.25) is 0 Å². The minimum Gasteiger partial charge on any atom is -0.366 e. The number of hydrogen-bond acceptors (Lipinski definition) is 8. The van der Waals surface area contributed by atoms with Crippen LogP contribution in [-0.2, 0) is 38.1 Å². The van der Waals surface area contributed by atoms with Crippen LogP contribution in [0.5, 0.6) is 0 Å². The van der Waals surface area contributed by atoms with Crippen LogP contribution < -0.4 is 0 Å². The first-order chi connectivity index (χ1) is 10.3. The minimum absolute atomic E-state index is 0.128. The lowest BCUT2D eigenvalue weighted by atomic mass is 10.0. The number of aldehydes is 3. The normalized spacial score (nSPS) is 29.0. The summed E-state index contributed by atoms with van der Waals surface area (Å²) in [6, 6.07) is 0. The van der Waals surface area contributed by atoms with Gasteiger partial charge >= 0.3 is 0 Å². The van der Waals surface area contributed by atoms with Crippen LogP contribution in [0.25, 0.3) is 0 Å². The second-order valence-electron chi connectivity index (χ2n) is 4.12. The van der Waals surface area contributed by atoms with Gasteiger partial charge in [-0.25, -0.2) is 0 Å². The Kier molecular flexibility index (Phi) is 8.95. The number of ether oxygens (including phenoxy) is 5. The van der Waals surface area contributed by atoms with E-state index < -0.39 is 24.6 Å². The molecule has 1 aliphatic rings. The smallest absolute Gasteiger partial charge is 0.186 e. The molecule has 0 bridgehead atoms. The van der Waals surface area contributed by atoms with E-state index in [0.29, 0.717) is 25.5 Å². The summed E-state index contributed by atoms with van der Waals surface area (Å²) < 4.78 is 27.0. The average Bonchev–Trinajstić information content (AvgIpc) is 2.50. The van der Waals surface area contributed by atoms with Crippen molar-refractivity contribution in [2.45, 2.75) is 31.5 Å². The molecule has 1 saturated heterocycles. The van der Waals surface area contributed by atoms with Crippen molar-refractivity contribution in [3.63, 3.8) is 0 Å². The molecule has 120 valence electrons. The van der Waals surface area contributed by atoms with Gasteiger partial charge in [0, 0.05) is 6.61 Å². The number of carbonyl (C=O) groups is 3. The second-order valence-corrected chi connectivity index (χ2v) is 4.12. The third-order valence-electron chi connectivity index (χ3n) is 2.81. The predicted molar refractivity (Wildman–Crippen MR) is 68.8 cm³/mol. The van der Waals surface area contributed by atoms with Gasteiger partial charge in [-0.2, -0.15) is 0 Å². The SMILES string of the molecule is CCOC1OCC(OCC=O)C(OCC=O)C1OCC=O. The fourth-order valence-electron chi connectivity index (χ4n) is 2.04. The van der Waals surface area contributed by atoms with E-state index in [1.165, 1.54) is 0 Å². The van der Waals surface area contributed by atoms with E-state index in [4.69, 9.17) is 23.7 Å². The summed E-state index contributed by atoms with van der Waals surface area (Å²) in [7, 11) is 0. The molecule has 8 nitrogen and oxygen atoms in total. The monoisotopic (exact) mass is 304 g/mol. The van der Waals surface area contributed by atoms with Gasteiger partial charge in [-0.1, -0.05) is 0 Å². The highest BCUT2D eigenvalue weighted by Gasteiger charge is 2.43. The van der Waals surface area contributed by atoms with Crippen LogP contribution >= 0.6 is 0 Å². The number of rotatable bonds is 11. The zero-order chi connectivity index (χ0) is 15.5. The number of hydrogen-bond donors (Lipinski definition) is 0. The van der Waals surface area contributed by atoms with E-state index in [0.717, 1.165) is 0 Å². The Balaban J connectivity index is 2.80. The first-order valence-corrected chi connectivity index (χ1v) is 6.67. The molecule has 8 heteroatoms. The molecule has 0 saturated carbocycles. The lowest BCUT2D eigenvalue weighted by Gasteiger charge is -2.40. The van der Waals surface area contributed by atoms with Gasteiger partial charge in [0.25, 0.3) is 0 Å². The molecule has 4 unspecified atom stereocenters. The Hall–Kier alpha value is -1.19. The van der Waals surface area contributed by atoms with Crippen LogP contribution in [0.4, 0.5) is 0 Å². The Morgan fingerprint density at radius 1 is 0.905 bits per heavy atom. The van der Waals surface area contributed by atoms with Crippen molar-refractivity contribution in [3.8, 4) is 0 Å². The minimum atomic E-state index is -0.736. The first kappa shape index (κ1) is 17.9. The molecule has 1 aliphatic heterocycles. The van der Waals surface area contributed by atoms with Crippen LogP contribution in [0.3, 0.4) is 0 Å². The molecule has 0 amide bonds. The standard InChI is InChI=1S/C13H20O8/c1-2-17-13-12(20-8-5-16)11(19-7-4-15)10(9-21-13)18-6-3-14/h3-5,10-13H,2,6-9H2,1H3. The molecular weight excluding hydrogens is 284 g/mol. The van der Waals surface area contributed by atoms with Gasteiger partial charge in [0.15, 0.2) is 6.29 Å². The van der Waals surface area contributed by atoms with Crippen LogP contribution in [0.15, 0.2) is 0 Å². The Morgan fingerprint density at radius 2 is 1.48 bits per heavy atom. The van der Waals surface area contributed by atoms with Gasteiger partial charge < -0.3 is 38.1 Å². The third-order valence-corrected chi connectivity index (χ3v) is 2.81. The molecule has 0 aromatic rings. The van der Waals surface area contributed by atoms with E-state index in [1.54, 1.807) is 6.92 Å². The summed E-state index contributed by atoms with van der Waals surface area (Å²) in [6.45, 7) is 1.84. The highest BCUT2D eigenvalue weighted by Crippen LogP contribution is 2.24. The first-order valence-electron chi connectivity index (χ1n) is 6.67. The van der Waals surface area contributed by atoms with Crippen LogP contribution in [0.1, 0.15) is 6.92 Å². The molecule has 0 N–H and O–H groups in total. The quantitative estimate of drug-likeness (QED) is 0.454. The summed E-state index contributed by atoms with van der Waals surface area (Å²) >= 11 is 0. The van der Waals surface area contributed by atoms with E-state index in [2.05, 4.69) is 0 Å². The maximum Gasteiger partial charge on any atom is 0.186 e. The maximum absolute atomic E-state index is 10.5. The summed E-state index contributed by atoms with van der Waals surface area (Å²) in [4.78, 5) is 31.4. The average molecular weight is 304 g/mol. The summed E-state index contributed by atoms with van der Waals surface area (Å²) in [6.07, 6.45) is -0.951. The van der Waals surface area contributed by atoms with E-state index in [9.17, 15) is 14.4 Å². The van der Waals surface area contributed by atoms with Gasteiger partial charge in [-0.05, 0) is 6.92 Å². The molecule has 0 aromatic carbocycles. The third kappa shape index (κ3) is 5.60. The van der Waals surface area contributed by atoms with Crippen molar-refractivity contribution in [2.24, 2.45) is 0 Å². The highest BCUT2D eigenvalue weighted by atomic mass is 16.7. The van der Waals surface area contributed by atoms with Crippen molar-refractivity contribution in [1.29, 1.82) is 0 Å². The van der Waals surface area contributed by atoms with Crippen molar-refractivity contribution in [2.75, 3.05) is 33.0 Å². The number of carbonyl (C=O) groups excluding carboxylic acids is 3. The molecule has 1 heterocycles. The van der Waals surface area contributed by atoms with Crippen LogP contribution in [-0.4, -0.2) is 76.5 Å². The molecule has 1 rings (SSSR count). The molecular formula is C13H20O8. The van der Waals surface area contributed by atoms with Crippen molar-refractivity contribution in [1.82, 2.24) is 0 Å². The lowest BCUT2D eigenvalue weighted by molar-refractivity contribution is -0.289. The zero-order valence-corrected chi connectivity index (χ0v) is 11.8. The zero-order valence-electron chi connectivity index (χ0n) is 11.8. The van der Waals surface area contributed by atoms with E-state index in [-0.39, 0.29) is 26.4 Å². The van der Waals surface area contributed by atoms with E-state index in [1.807, 2.05) is 0 Å². The van der Waals surface area contributed by atoms with Gasteiger partial charge in [-0.15, -0.1) is 0 Å². The molecule has 0 radical (unpaired) electrons. The van der Waals surface area contributed by atoms with Gasteiger partial charge in [0.1, 0.15) is 57.0 Å². The van der Waals surface area contributed by atoms with Gasteiger partial charge in [0.05, 0.1) is 6.61 Å². The van der Waals surface area contributed by atoms with Crippen molar-refractivity contribution < 1.29 is 38.1 Å².